The van der Waals surface area contributed by atoms with Crippen molar-refractivity contribution < 1.29 is 19.1 Å². The van der Waals surface area contributed by atoms with Gasteiger partial charge in [-0.2, -0.15) is 0 Å². The minimum Gasteiger partial charge on any atom is -0.493 e. The summed E-state index contributed by atoms with van der Waals surface area (Å²) in [5.74, 6) is 0.445. The van der Waals surface area contributed by atoms with Gasteiger partial charge in [-0.1, -0.05) is 36.4 Å². The second-order valence-corrected chi connectivity index (χ2v) is 10.2. The predicted octanol–water partition coefficient (Wildman–Crippen LogP) is 4.26. The maximum Gasteiger partial charge on any atom is 0.217 e. The summed E-state index contributed by atoms with van der Waals surface area (Å²) in [6.07, 6.45) is 4.20. The number of hydrogen-bond donors (Lipinski definition) is 3. The number of carbonyl (C=O) groups excluding carboxylic acids is 2. The Morgan fingerprint density at radius 2 is 1.92 bits per heavy atom. The topological polar surface area (TPSA) is 130 Å². The lowest BCUT2D eigenvalue weighted by molar-refractivity contribution is -0.118. The van der Waals surface area contributed by atoms with Crippen LogP contribution in [0.15, 0.2) is 48.0 Å². The molecule has 2 aromatic carbocycles. The van der Waals surface area contributed by atoms with Crippen molar-refractivity contribution in [3.05, 3.63) is 70.4 Å². The summed E-state index contributed by atoms with van der Waals surface area (Å²) >= 11 is 1.61. The number of nitrogens with zero attached hydrogens (tertiary/aromatic N) is 1. The van der Waals surface area contributed by atoms with E-state index in [2.05, 4.69) is 34.6 Å². The quantitative estimate of drug-likeness (QED) is 0.174. The van der Waals surface area contributed by atoms with Crippen molar-refractivity contribution >= 4 is 23.7 Å². The number of nitrogens with one attached hydrogen (secondary N) is 1. The van der Waals surface area contributed by atoms with Gasteiger partial charge >= 0.3 is 0 Å². The fraction of sp³-hybridized carbons (Fsp3) is 0.414. The van der Waals surface area contributed by atoms with Crippen molar-refractivity contribution in [1.82, 2.24) is 10.3 Å². The Bertz CT molecular complexity index is 1170. The summed E-state index contributed by atoms with van der Waals surface area (Å²) in [7, 11) is 0. The number of ether oxygens (including phenoxy) is 2. The van der Waals surface area contributed by atoms with Gasteiger partial charge in [-0.3, -0.25) is 9.59 Å². The number of aryl methyl sites for hydroxylation is 2. The molecule has 2 atom stereocenters. The van der Waals surface area contributed by atoms with E-state index >= 15 is 0 Å². The van der Waals surface area contributed by atoms with E-state index in [1.54, 1.807) is 11.3 Å². The van der Waals surface area contributed by atoms with Crippen molar-refractivity contribution in [2.75, 3.05) is 6.61 Å². The van der Waals surface area contributed by atoms with Gasteiger partial charge in [0.1, 0.15) is 5.75 Å². The van der Waals surface area contributed by atoms with Gasteiger partial charge in [0.15, 0.2) is 0 Å². The van der Waals surface area contributed by atoms with E-state index in [-0.39, 0.29) is 24.5 Å². The predicted molar refractivity (Wildman–Crippen MR) is 151 cm³/mol. The van der Waals surface area contributed by atoms with Gasteiger partial charge in [-0.15, -0.1) is 11.3 Å². The number of hydrogen-bond acceptors (Lipinski definition) is 7. The number of primary amides is 1. The third-order valence-corrected chi connectivity index (χ3v) is 7.41. The first-order chi connectivity index (χ1) is 18.4. The molecule has 9 heteroatoms. The van der Waals surface area contributed by atoms with E-state index in [4.69, 9.17) is 20.9 Å². The SMILES string of the molecule is Cc1ncsc1-c1ccc(CNC=O)c(OCCCCc2ccc(CO[C@H](C)[C@@H](N)CCC(N)=O)cc2)c1. The molecule has 5 N–H and O–H groups in total. The summed E-state index contributed by atoms with van der Waals surface area (Å²) in [5.41, 5.74) is 18.5. The fourth-order valence-corrected chi connectivity index (χ4v) is 4.82. The monoisotopic (exact) mass is 538 g/mol. The Kier molecular flexibility index (Phi) is 11.7. The summed E-state index contributed by atoms with van der Waals surface area (Å²) in [4.78, 5) is 27.2. The van der Waals surface area contributed by atoms with E-state index in [0.29, 0.717) is 32.6 Å². The van der Waals surface area contributed by atoms with Crippen LogP contribution in [0.1, 0.15) is 55.0 Å². The maximum absolute atomic E-state index is 10.9. The molecule has 0 bridgehead atoms. The molecule has 1 aromatic heterocycles. The number of rotatable bonds is 17. The van der Waals surface area contributed by atoms with Gasteiger partial charge < -0.3 is 26.3 Å². The molecule has 0 fully saturated rings. The van der Waals surface area contributed by atoms with E-state index in [0.717, 1.165) is 52.3 Å². The smallest absolute Gasteiger partial charge is 0.217 e. The molecule has 0 saturated heterocycles. The fourth-order valence-electron chi connectivity index (χ4n) is 4.02. The van der Waals surface area contributed by atoms with Crippen LogP contribution in [0.4, 0.5) is 0 Å². The highest BCUT2D eigenvalue weighted by Crippen LogP contribution is 2.32. The number of nitrogens with two attached hydrogens (primary N) is 2. The Labute approximate surface area is 228 Å². The van der Waals surface area contributed by atoms with Crippen LogP contribution in [0.2, 0.25) is 0 Å². The van der Waals surface area contributed by atoms with Crippen LogP contribution in [-0.2, 0) is 33.9 Å². The second-order valence-electron chi connectivity index (χ2n) is 9.40. The van der Waals surface area contributed by atoms with E-state index in [1.807, 2.05) is 37.6 Å². The Balaban J connectivity index is 1.44. The number of thiazole rings is 1. The molecule has 1 heterocycles. The molecule has 0 aliphatic heterocycles. The van der Waals surface area contributed by atoms with Crippen LogP contribution in [0.25, 0.3) is 10.4 Å². The third kappa shape index (κ3) is 9.24. The number of aromatic nitrogens is 1. The zero-order valence-corrected chi connectivity index (χ0v) is 23.0. The minimum absolute atomic E-state index is 0.157. The lowest BCUT2D eigenvalue weighted by atomic mass is 10.1. The van der Waals surface area contributed by atoms with Gasteiger partial charge in [-0.05, 0) is 62.3 Å². The molecular formula is C29H38N4O4S. The molecule has 0 aliphatic carbocycles. The highest BCUT2D eigenvalue weighted by molar-refractivity contribution is 7.13. The van der Waals surface area contributed by atoms with E-state index in [9.17, 15) is 9.59 Å². The van der Waals surface area contributed by atoms with E-state index in [1.165, 1.54) is 5.56 Å². The molecule has 204 valence electrons. The minimum atomic E-state index is -0.345. The Morgan fingerprint density at radius 3 is 2.61 bits per heavy atom. The van der Waals surface area contributed by atoms with Crippen LogP contribution in [0.5, 0.6) is 5.75 Å². The second kappa shape index (κ2) is 15.2. The number of benzene rings is 2. The summed E-state index contributed by atoms with van der Waals surface area (Å²) in [5, 5.41) is 2.73. The highest BCUT2D eigenvalue weighted by atomic mass is 32.1. The number of amides is 2. The standard InChI is InChI=1S/C29H38N4O4S/c1-20-29(38-19-33-20)24-10-11-25(16-32-18-34)27(15-24)36-14-4-3-5-22-6-8-23(9-7-22)17-37-21(2)26(30)12-13-28(31)35/h6-11,15,18-19,21,26H,3-5,12-14,16-17,30H2,1-2H3,(H2,31,35)(H,32,34)/t21-,26+/m1/s1. The summed E-state index contributed by atoms with van der Waals surface area (Å²) < 4.78 is 12.0. The molecule has 3 rings (SSSR count). The molecule has 3 aromatic rings. The maximum atomic E-state index is 10.9. The van der Waals surface area contributed by atoms with Gasteiger partial charge in [-0.25, -0.2) is 4.98 Å². The molecule has 0 aliphatic rings. The normalized spacial score (nSPS) is 12.6. The Morgan fingerprint density at radius 1 is 1.16 bits per heavy atom. The van der Waals surface area contributed by atoms with Crippen molar-refractivity contribution in [1.29, 1.82) is 0 Å². The van der Waals surface area contributed by atoms with Crippen LogP contribution in [-0.4, -0.2) is 36.1 Å². The van der Waals surface area contributed by atoms with Gasteiger partial charge in [0, 0.05) is 24.6 Å². The molecule has 0 saturated carbocycles. The molecule has 38 heavy (non-hydrogen) atoms. The van der Waals surface area contributed by atoms with E-state index < -0.39 is 0 Å². The lowest BCUT2D eigenvalue weighted by Gasteiger charge is -2.20. The molecule has 2 amide bonds. The molecule has 8 nitrogen and oxygen atoms in total. The first kappa shape index (κ1) is 29.3. The van der Waals surface area contributed by atoms with Crippen molar-refractivity contribution in [2.24, 2.45) is 11.5 Å². The zero-order valence-electron chi connectivity index (χ0n) is 22.2. The van der Waals surface area contributed by atoms with Crippen LogP contribution >= 0.6 is 11.3 Å². The third-order valence-electron chi connectivity index (χ3n) is 6.43. The zero-order chi connectivity index (χ0) is 27.3. The van der Waals surface area contributed by atoms with Crippen LogP contribution in [0, 0.1) is 6.92 Å². The average molecular weight is 539 g/mol. The Hall–Kier alpha value is -3.27. The number of unbranched alkanes of at least 4 members (excludes halogenated alkanes) is 1. The average Bonchev–Trinajstić information content (AvgIpc) is 3.35. The van der Waals surface area contributed by atoms with Crippen LogP contribution < -0.4 is 21.5 Å². The lowest BCUT2D eigenvalue weighted by Crippen LogP contribution is -2.35. The van der Waals surface area contributed by atoms with Crippen molar-refractivity contribution in [3.63, 3.8) is 0 Å². The van der Waals surface area contributed by atoms with Crippen molar-refractivity contribution in [2.45, 2.75) is 71.2 Å². The molecule has 0 unspecified atom stereocenters. The summed E-state index contributed by atoms with van der Waals surface area (Å²) in [6.45, 7) is 5.41. The van der Waals surface area contributed by atoms with Crippen molar-refractivity contribution in [3.8, 4) is 16.2 Å². The van der Waals surface area contributed by atoms with Gasteiger partial charge in [0.25, 0.3) is 0 Å². The molecule has 0 radical (unpaired) electrons. The first-order valence-corrected chi connectivity index (χ1v) is 13.8. The highest BCUT2D eigenvalue weighted by Gasteiger charge is 2.14. The van der Waals surface area contributed by atoms with Gasteiger partial charge in [0.05, 0.1) is 35.4 Å². The summed E-state index contributed by atoms with van der Waals surface area (Å²) in [6, 6.07) is 14.3. The first-order valence-electron chi connectivity index (χ1n) is 12.9. The van der Waals surface area contributed by atoms with Crippen LogP contribution in [0.3, 0.4) is 0 Å². The largest absolute Gasteiger partial charge is 0.493 e. The number of carbonyl (C=O) groups is 2. The van der Waals surface area contributed by atoms with Gasteiger partial charge in [0.2, 0.25) is 12.3 Å². The molecular weight excluding hydrogens is 500 g/mol. The molecule has 0 spiro atoms.